The SMILES string of the molecule is BC(CNC(C)(CC)CCC)CC(=O)O. The molecular weight excluding hydrogens is 189 g/mol. The minimum atomic E-state index is -0.710. The molecule has 0 saturated carbocycles. The highest BCUT2D eigenvalue weighted by molar-refractivity contribution is 6.13. The van der Waals surface area contributed by atoms with Gasteiger partial charge in [0.05, 0.1) is 0 Å². The Bertz CT molecular complexity index is 199. The van der Waals surface area contributed by atoms with Crippen molar-refractivity contribution >= 4 is 13.8 Å². The predicted molar refractivity (Wildman–Crippen MR) is 66.2 cm³/mol. The molecule has 0 saturated heterocycles. The van der Waals surface area contributed by atoms with Gasteiger partial charge in [0.2, 0.25) is 0 Å². The molecule has 0 radical (unpaired) electrons. The lowest BCUT2D eigenvalue weighted by Crippen LogP contribution is -2.43. The summed E-state index contributed by atoms with van der Waals surface area (Å²) in [5.41, 5.74) is 0.168. The minimum Gasteiger partial charge on any atom is -0.481 e. The maximum absolute atomic E-state index is 10.5. The summed E-state index contributed by atoms with van der Waals surface area (Å²) >= 11 is 0. The van der Waals surface area contributed by atoms with E-state index in [0.717, 1.165) is 25.8 Å². The van der Waals surface area contributed by atoms with Crippen LogP contribution in [0.1, 0.15) is 46.5 Å². The summed E-state index contributed by atoms with van der Waals surface area (Å²) in [5, 5.41) is 12.1. The third-order valence-electron chi connectivity index (χ3n) is 2.98. The summed E-state index contributed by atoms with van der Waals surface area (Å²) in [6, 6.07) is 0. The highest BCUT2D eigenvalue weighted by Gasteiger charge is 2.21. The number of nitrogens with one attached hydrogen (secondary N) is 1. The second kappa shape index (κ2) is 6.88. The van der Waals surface area contributed by atoms with Gasteiger partial charge in [-0.2, -0.15) is 0 Å². The Hall–Kier alpha value is -0.505. The molecule has 0 aliphatic carbocycles. The standard InChI is InChI=1S/C11H24BNO2/c1-4-6-11(3,5-2)13-8-9(12)7-10(14)15/h9,13H,4-8,12H2,1-3H3,(H,14,15). The van der Waals surface area contributed by atoms with Crippen LogP contribution < -0.4 is 5.32 Å². The van der Waals surface area contributed by atoms with Crippen LogP contribution in [0.25, 0.3) is 0 Å². The topological polar surface area (TPSA) is 49.3 Å². The van der Waals surface area contributed by atoms with E-state index in [-0.39, 0.29) is 17.8 Å². The monoisotopic (exact) mass is 213 g/mol. The fourth-order valence-corrected chi connectivity index (χ4v) is 1.73. The summed E-state index contributed by atoms with van der Waals surface area (Å²) in [6.07, 6.45) is 3.63. The van der Waals surface area contributed by atoms with Crippen LogP contribution in [0, 0.1) is 0 Å². The van der Waals surface area contributed by atoms with Gasteiger partial charge in [-0.15, -0.1) is 0 Å². The van der Waals surface area contributed by atoms with Gasteiger partial charge in [0, 0.05) is 12.0 Å². The molecule has 0 aromatic carbocycles. The van der Waals surface area contributed by atoms with Gasteiger partial charge in [0.25, 0.3) is 0 Å². The lowest BCUT2D eigenvalue weighted by atomic mass is 9.83. The van der Waals surface area contributed by atoms with E-state index < -0.39 is 5.97 Å². The molecule has 0 aromatic rings. The van der Waals surface area contributed by atoms with E-state index in [1.807, 2.05) is 7.85 Å². The number of carboxylic acids is 1. The Labute approximate surface area is 94.0 Å². The summed E-state index contributed by atoms with van der Waals surface area (Å²) in [5.74, 6) is -0.511. The van der Waals surface area contributed by atoms with Crippen LogP contribution >= 0.6 is 0 Å². The van der Waals surface area contributed by atoms with Gasteiger partial charge in [-0.25, -0.2) is 0 Å². The zero-order chi connectivity index (χ0) is 11.9. The third-order valence-corrected chi connectivity index (χ3v) is 2.98. The normalized spacial score (nSPS) is 17.0. The molecule has 0 spiro atoms. The molecule has 0 aliphatic rings. The van der Waals surface area contributed by atoms with Crippen molar-refractivity contribution in [1.29, 1.82) is 0 Å². The van der Waals surface area contributed by atoms with Crippen molar-refractivity contribution in [1.82, 2.24) is 5.32 Å². The summed E-state index contributed by atoms with van der Waals surface area (Å²) in [7, 11) is 1.98. The molecule has 0 fully saturated rings. The zero-order valence-corrected chi connectivity index (χ0v) is 10.5. The van der Waals surface area contributed by atoms with Crippen LogP contribution in [0.4, 0.5) is 0 Å². The molecule has 0 aromatic heterocycles. The second-order valence-electron chi connectivity index (χ2n) is 4.75. The van der Waals surface area contributed by atoms with Gasteiger partial charge in [-0.05, 0) is 32.1 Å². The fraction of sp³-hybridized carbons (Fsp3) is 0.909. The van der Waals surface area contributed by atoms with Crippen LogP contribution in [0.5, 0.6) is 0 Å². The lowest BCUT2D eigenvalue weighted by molar-refractivity contribution is -0.137. The first-order chi connectivity index (χ1) is 6.93. The van der Waals surface area contributed by atoms with Gasteiger partial charge in [-0.3, -0.25) is 4.79 Å². The minimum absolute atomic E-state index is 0.168. The Morgan fingerprint density at radius 3 is 2.53 bits per heavy atom. The van der Waals surface area contributed by atoms with Crippen molar-refractivity contribution in [3.05, 3.63) is 0 Å². The molecule has 15 heavy (non-hydrogen) atoms. The molecule has 4 heteroatoms. The molecule has 3 nitrogen and oxygen atoms in total. The quantitative estimate of drug-likeness (QED) is 0.600. The molecule has 2 N–H and O–H groups in total. The molecule has 0 amide bonds. The van der Waals surface area contributed by atoms with Crippen molar-refractivity contribution in [3.63, 3.8) is 0 Å². The highest BCUT2D eigenvalue weighted by atomic mass is 16.4. The highest BCUT2D eigenvalue weighted by Crippen LogP contribution is 2.17. The molecule has 0 bridgehead atoms. The van der Waals surface area contributed by atoms with Crippen LogP contribution in [-0.4, -0.2) is 31.0 Å². The molecule has 2 atom stereocenters. The van der Waals surface area contributed by atoms with Gasteiger partial charge >= 0.3 is 5.97 Å². The molecule has 88 valence electrons. The van der Waals surface area contributed by atoms with Crippen LogP contribution in [0.15, 0.2) is 0 Å². The van der Waals surface area contributed by atoms with E-state index in [0.29, 0.717) is 0 Å². The van der Waals surface area contributed by atoms with E-state index >= 15 is 0 Å². The Balaban J connectivity index is 3.94. The first-order valence-corrected chi connectivity index (χ1v) is 5.90. The van der Waals surface area contributed by atoms with Gasteiger partial charge in [0.15, 0.2) is 0 Å². The molecule has 0 aliphatic heterocycles. The number of aliphatic carboxylic acids is 1. The summed E-state index contributed by atoms with van der Waals surface area (Å²) in [6.45, 7) is 7.35. The average molecular weight is 213 g/mol. The van der Waals surface area contributed by atoms with Crippen molar-refractivity contribution in [3.8, 4) is 0 Å². The van der Waals surface area contributed by atoms with E-state index in [2.05, 4.69) is 26.1 Å². The Kier molecular flexibility index (Phi) is 6.65. The first-order valence-electron chi connectivity index (χ1n) is 5.90. The predicted octanol–water partition coefficient (Wildman–Crippen LogP) is 1.44. The van der Waals surface area contributed by atoms with Crippen molar-refractivity contribution in [2.24, 2.45) is 0 Å². The van der Waals surface area contributed by atoms with E-state index in [1.54, 1.807) is 0 Å². The number of hydrogen-bond donors (Lipinski definition) is 2. The number of carboxylic acid groups (broad SMARTS) is 1. The maximum atomic E-state index is 10.5. The maximum Gasteiger partial charge on any atom is 0.302 e. The van der Waals surface area contributed by atoms with Crippen molar-refractivity contribution in [2.45, 2.75) is 57.8 Å². The largest absolute Gasteiger partial charge is 0.481 e. The molecule has 0 rings (SSSR count). The number of rotatable bonds is 8. The zero-order valence-electron chi connectivity index (χ0n) is 10.5. The summed E-state index contributed by atoms with van der Waals surface area (Å²) in [4.78, 5) is 10.5. The van der Waals surface area contributed by atoms with E-state index in [1.165, 1.54) is 0 Å². The van der Waals surface area contributed by atoms with Gasteiger partial charge in [-0.1, -0.05) is 20.3 Å². The molecule has 0 heterocycles. The number of carbonyl (C=O) groups is 1. The van der Waals surface area contributed by atoms with E-state index in [9.17, 15) is 4.79 Å². The Morgan fingerprint density at radius 2 is 2.13 bits per heavy atom. The van der Waals surface area contributed by atoms with Gasteiger partial charge < -0.3 is 10.4 Å². The van der Waals surface area contributed by atoms with Crippen LogP contribution in [-0.2, 0) is 4.79 Å². The third kappa shape index (κ3) is 6.55. The summed E-state index contributed by atoms with van der Waals surface area (Å²) < 4.78 is 0. The lowest BCUT2D eigenvalue weighted by Gasteiger charge is -2.31. The molecule has 2 unspecified atom stereocenters. The molecular formula is C11H24BNO2. The Morgan fingerprint density at radius 1 is 1.53 bits per heavy atom. The van der Waals surface area contributed by atoms with Crippen LogP contribution in [0.2, 0.25) is 5.82 Å². The van der Waals surface area contributed by atoms with Crippen molar-refractivity contribution in [2.75, 3.05) is 6.54 Å². The van der Waals surface area contributed by atoms with Crippen molar-refractivity contribution < 1.29 is 9.90 Å². The van der Waals surface area contributed by atoms with E-state index in [4.69, 9.17) is 5.11 Å². The van der Waals surface area contributed by atoms with Gasteiger partial charge in [0.1, 0.15) is 7.85 Å². The average Bonchev–Trinajstić information content (AvgIpc) is 2.14. The second-order valence-corrected chi connectivity index (χ2v) is 4.75. The first kappa shape index (κ1) is 14.5. The number of hydrogen-bond acceptors (Lipinski definition) is 2. The van der Waals surface area contributed by atoms with Crippen LogP contribution in [0.3, 0.4) is 0 Å². The smallest absolute Gasteiger partial charge is 0.302 e. The fourth-order valence-electron chi connectivity index (χ4n) is 1.73.